The van der Waals surface area contributed by atoms with E-state index in [1.165, 1.54) is 12.1 Å². The molecule has 0 radical (unpaired) electrons. The van der Waals surface area contributed by atoms with Crippen molar-refractivity contribution in [2.24, 2.45) is 0 Å². The third kappa shape index (κ3) is 3.15. The molecule has 1 heterocycles. The standard InChI is InChI=1S/C15H19F2N3O/c1-9-19-12(13(18)20(9)15(2,3)4)10-5-7-11(8-6-10)21-14(16)17/h5-8,14H,18H2,1-4H3. The normalized spacial score (nSPS) is 12.0. The Morgan fingerprint density at radius 2 is 1.76 bits per heavy atom. The van der Waals surface area contributed by atoms with Gasteiger partial charge in [0.1, 0.15) is 23.1 Å². The zero-order chi connectivity index (χ0) is 15.8. The van der Waals surface area contributed by atoms with Crippen molar-refractivity contribution in [3.8, 4) is 17.0 Å². The number of aromatic nitrogens is 2. The lowest BCUT2D eigenvalue weighted by molar-refractivity contribution is -0.0498. The molecule has 6 heteroatoms. The Morgan fingerprint density at radius 3 is 2.19 bits per heavy atom. The molecule has 0 spiro atoms. The largest absolute Gasteiger partial charge is 0.435 e. The van der Waals surface area contributed by atoms with Crippen molar-refractivity contribution in [3.63, 3.8) is 0 Å². The Kier molecular flexibility index (Phi) is 3.89. The molecule has 0 saturated heterocycles. The first-order valence-corrected chi connectivity index (χ1v) is 6.60. The smallest absolute Gasteiger partial charge is 0.387 e. The van der Waals surface area contributed by atoms with Gasteiger partial charge in [-0.25, -0.2) is 4.98 Å². The lowest BCUT2D eigenvalue weighted by atomic mass is 10.1. The molecule has 2 rings (SSSR count). The van der Waals surface area contributed by atoms with Crippen LogP contribution in [0, 0.1) is 6.92 Å². The number of aryl methyl sites for hydroxylation is 1. The number of alkyl halides is 2. The molecule has 21 heavy (non-hydrogen) atoms. The van der Waals surface area contributed by atoms with Crippen LogP contribution in [0.2, 0.25) is 0 Å². The lowest BCUT2D eigenvalue weighted by Gasteiger charge is -2.24. The molecule has 0 saturated carbocycles. The predicted molar refractivity (Wildman–Crippen MR) is 78.4 cm³/mol. The zero-order valence-corrected chi connectivity index (χ0v) is 12.5. The van der Waals surface area contributed by atoms with Crippen LogP contribution in [0.3, 0.4) is 0 Å². The van der Waals surface area contributed by atoms with E-state index in [9.17, 15) is 8.78 Å². The Labute approximate surface area is 122 Å². The number of imidazole rings is 1. The summed E-state index contributed by atoms with van der Waals surface area (Å²) in [6.07, 6.45) is 0. The number of hydrogen-bond donors (Lipinski definition) is 1. The topological polar surface area (TPSA) is 53.1 Å². The van der Waals surface area contributed by atoms with Gasteiger partial charge in [0, 0.05) is 11.1 Å². The van der Waals surface area contributed by atoms with E-state index in [0.717, 1.165) is 11.4 Å². The fourth-order valence-corrected chi connectivity index (χ4v) is 2.40. The van der Waals surface area contributed by atoms with Crippen molar-refractivity contribution in [1.82, 2.24) is 9.55 Å². The summed E-state index contributed by atoms with van der Waals surface area (Å²) in [5, 5.41) is 0. The van der Waals surface area contributed by atoms with E-state index in [2.05, 4.69) is 9.72 Å². The van der Waals surface area contributed by atoms with E-state index >= 15 is 0 Å². The van der Waals surface area contributed by atoms with Crippen molar-refractivity contribution in [2.45, 2.75) is 39.8 Å². The van der Waals surface area contributed by atoms with Gasteiger partial charge in [-0.05, 0) is 52.0 Å². The van der Waals surface area contributed by atoms with Crippen LogP contribution in [-0.4, -0.2) is 16.2 Å². The quantitative estimate of drug-likeness (QED) is 0.937. The van der Waals surface area contributed by atoms with Crippen molar-refractivity contribution < 1.29 is 13.5 Å². The molecule has 114 valence electrons. The van der Waals surface area contributed by atoms with E-state index < -0.39 is 6.61 Å². The van der Waals surface area contributed by atoms with Crippen LogP contribution >= 0.6 is 0 Å². The third-order valence-electron chi connectivity index (χ3n) is 3.10. The van der Waals surface area contributed by atoms with E-state index in [1.807, 2.05) is 32.3 Å². The SMILES string of the molecule is Cc1nc(-c2ccc(OC(F)F)cc2)c(N)n1C(C)(C)C. The summed E-state index contributed by atoms with van der Waals surface area (Å²) < 4.78 is 30.6. The molecule has 0 fully saturated rings. The molecule has 0 atom stereocenters. The summed E-state index contributed by atoms with van der Waals surface area (Å²) in [6, 6.07) is 6.30. The average Bonchev–Trinajstić information content (AvgIpc) is 2.64. The molecule has 0 aliphatic heterocycles. The average molecular weight is 295 g/mol. The van der Waals surface area contributed by atoms with Gasteiger partial charge in [-0.15, -0.1) is 0 Å². The van der Waals surface area contributed by atoms with E-state index in [1.54, 1.807) is 12.1 Å². The maximum Gasteiger partial charge on any atom is 0.387 e. The van der Waals surface area contributed by atoms with Gasteiger partial charge in [-0.2, -0.15) is 8.78 Å². The summed E-state index contributed by atoms with van der Waals surface area (Å²) >= 11 is 0. The molecule has 2 aromatic rings. The van der Waals surface area contributed by atoms with Crippen LogP contribution in [0.1, 0.15) is 26.6 Å². The van der Waals surface area contributed by atoms with E-state index in [0.29, 0.717) is 11.5 Å². The Morgan fingerprint density at radius 1 is 1.19 bits per heavy atom. The fraction of sp³-hybridized carbons (Fsp3) is 0.400. The number of anilines is 1. The minimum Gasteiger partial charge on any atom is -0.435 e. The van der Waals surface area contributed by atoms with Gasteiger partial charge < -0.3 is 15.0 Å². The third-order valence-corrected chi connectivity index (χ3v) is 3.10. The van der Waals surface area contributed by atoms with Gasteiger partial charge in [-0.3, -0.25) is 0 Å². The minimum absolute atomic E-state index is 0.110. The second kappa shape index (κ2) is 5.35. The second-order valence-electron chi connectivity index (χ2n) is 5.80. The summed E-state index contributed by atoms with van der Waals surface area (Å²) in [6.45, 7) is 5.19. The fourth-order valence-electron chi connectivity index (χ4n) is 2.40. The van der Waals surface area contributed by atoms with Crippen LogP contribution in [0.5, 0.6) is 5.75 Å². The van der Waals surface area contributed by atoms with Crippen LogP contribution in [0.15, 0.2) is 24.3 Å². The van der Waals surface area contributed by atoms with Gasteiger partial charge in [0.05, 0.1) is 0 Å². The van der Waals surface area contributed by atoms with Crippen molar-refractivity contribution in [3.05, 3.63) is 30.1 Å². The highest BCUT2D eigenvalue weighted by molar-refractivity contribution is 5.71. The molecular formula is C15H19F2N3O. The van der Waals surface area contributed by atoms with Crippen LogP contribution in [-0.2, 0) is 5.54 Å². The molecule has 0 unspecified atom stereocenters. The number of nitrogens with zero attached hydrogens (tertiary/aromatic N) is 2. The molecule has 0 aliphatic carbocycles. The molecule has 2 N–H and O–H groups in total. The molecule has 0 bridgehead atoms. The monoisotopic (exact) mass is 295 g/mol. The van der Waals surface area contributed by atoms with Crippen LogP contribution < -0.4 is 10.5 Å². The van der Waals surface area contributed by atoms with Gasteiger partial charge in [-0.1, -0.05) is 0 Å². The summed E-state index contributed by atoms with van der Waals surface area (Å²) in [5.74, 6) is 1.48. The maximum atomic E-state index is 12.1. The second-order valence-corrected chi connectivity index (χ2v) is 5.80. The van der Waals surface area contributed by atoms with Crippen molar-refractivity contribution >= 4 is 5.82 Å². The van der Waals surface area contributed by atoms with Crippen LogP contribution in [0.25, 0.3) is 11.3 Å². The van der Waals surface area contributed by atoms with Crippen molar-refractivity contribution in [2.75, 3.05) is 5.73 Å². The highest BCUT2D eigenvalue weighted by atomic mass is 19.3. The van der Waals surface area contributed by atoms with E-state index in [-0.39, 0.29) is 11.3 Å². The number of nitrogens with two attached hydrogens (primary N) is 1. The Bertz CT molecular complexity index is 628. The first-order valence-electron chi connectivity index (χ1n) is 6.60. The van der Waals surface area contributed by atoms with Gasteiger partial charge >= 0.3 is 6.61 Å². The molecule has 4 nitrogen and oxygen atoms in total. The Hall–Kier alpha value is -2.11. The molecule has 1 aromatic carbocycles. The molecular weight excluding hydrogens is 276 g/mol. The van der Waals surface area contributed by atoms with Crippen LogP contribution in [0.4, 0.5) is 14.6 Å². The summed E-state index contributed by atoms with van der Waals surface area (Å²) in [4.78, 5) is 4.49. The van der Waals surface area contributed by atoms with E-state index in [4.69, 9.17) is 5.73 Å². The lowest BCUT2D eigenvalue weighted by Crippen LogP contribution is -2.24. The highest BCUT2D eigenvalue weighted by Crippen LogP contribution is 2.32. The number of rotatable bonds is 3. The minimum atomic E-state index is -2.83. The van der Waals surface area contributed by atoms with Crippen molar-refractivity contribution in [1.29, 1.82) is 0 Å². The number of ether oxygens (including phenoxy) is 1. The predicted octanol–water partition coefficient (Wildman–Crippen LogP) is 3.80. The molecule has 0 amide bonds. The summed E-state index contributed by atoms with van der Waals surface area (Å²) in [7, 11) is 0. The first-order chi connectivity index (χ1) is 9.70. The molecule has 1 aromatic heterocycles. The zero-order valence-electron chi connectivity index (χ0n) is 12.5. The van der Waals surface area contributed by atoms with Gasteiger partial charge in [0.25, 0.3) is 0 Å². The highest BCUT2D eigenvalue weighted by Gasteiger charge is 2.22. The van der Waals surface area contributed by atoms with Gasteiger partial charge in [0.15, 0.2) is 0 Å². The summed E-state index contributed by atoms with van der Waals surface area (Å²) in [5.41, 5.74) is 7.42. The van der Waals surface area contributed by atoms with Gasteiger partial charge in [0.2, 0.25) is 0 Å². The Balaban J connectivity index is 2.39. The first kappa shape index (κ1) is 15.3. The molecule has 0 aliphatic rings. The number of hydrogen-bond acceptors (Lipinski definition) is 3. The number of halogens is 2. The maximum absolute atomic E-state index is 12.1. The number of nitrogen functional groups attached to an aromatic ring is 1. The number of benzene rings is 1.